The number of methoxy groups -OCH3 is 1. The Bertz CT molecular complexity index is 1080. The monoisotopic (exact) mass is 421 g/mol. The standard InChI is InChI=1S/C24H28N4OS/c1-18(2)28-23(21-9-11-22(29-3)12-10-21)25-27(24(28)30)17-26-15-13-20(14-16-26)19-7-5-4-6-8-19/h4-13,18H,14-17H2,1-3H3/p+1. The van der Waals surface area contributed by atoms with Crippen LogP contribution in [0, 0.1) is 4.77 Å². The molecule has 30 heavy (non-hydrogen) atoms. The molecule has 3 aromatic rings. The van der Waals surface area contributed by atoms with Gasteiger partial charge in [0.15, 0.2) is 12.5 Å². The van der Waals surface area contributed by atoms with E-state index in [1.54, 1.807) is 7.11 Å². The van der Waals surface area contributed by atoms with Gasteiger partial charge in [-0.2, -0.15) is 4.68 Å². The molecule has 2 aromatic carbocycles. The number of hydrogen-bond donors (Lipinski definition) is 1. The molecule has 0 fully saturated rings. The Balaban J connectivity index is 1.56. The summed E-state index contributed by atoms with van der Waals surface area (Å²) >= 11 is 5.82. The van der Waals surface area contributed by atoms with Crippen molar-refractivity contribution < 1.29 is 9.64 Å². The molecule has 5 nitrogen and oxygen atoms in total. The van der Waals surface area contributed by atoms with Crippen LogP contribution in [-0.2, 0) is 6.67 Å². The molecule has 2 heterocycles. The lowest BCUT2D eigenvalue weighted by atomic mass is 10.00. The van der Waals surface area contributed by atoms with Crippen LogP contribution < -0.4 is 9.64 Å². The molecule has 1 aliphatic rings. The highest BCUT2D eigenvalue weighted by Crippen LogP contribution is 2.24. The lowest BCUT2D eigenvalue weighted by Crippen LogP contribution is -3.11. The highest BCUT2D eigenvalue weighted by atomic mass is 32.1. The zero-order chi connectivity index (χ0) is 21.1. The predicted molar refractivity (Wildman–Crippen MR) is 123 cm³/mol. The normalized spacial score (nSPS) is 16.5. The minimum absolute atomic E-state index is 0.240. The van der Waals surface area contributed by atoms with E-state index in [1.165, 1.54) is 16.0 Å². The number of benzene rings is 2. The molecule has 6 heteroatoms. The topological polar surface area (TPSA) is 36.4 Å². The lowest BCUT2D eigenvalue weighted by molar-refractivity contribution is -0.918. The van der Waals surface area contributed by atoms with Crippen LogP contribution in [0.5, 0.6) is 5.75 Å². The van der Waals surface area contributed by atoms with Crippen LogP contribution in [-0.4, -0.2) is 34.5 Å². The van der Waals surface area contributed by atoms with Crippen molar-refractivity contribution in [1.29, 1.82) is 0 Å². The maximum atomic E-state index is 5.82. The summed E-state index contributed by atoms with van der Waals surface area (Å²) < 4.78 is 10.2. The van der Waals surface area contributed by atoms with Crippen molar-refractivity contribution in [2.24, 2.45) is 0 Å². The molecule has 1 aliphatic heterocycles. The Morgan fingerprint density at radius 3 is 2.40 bits per heavy atom. The first-order valence-corrected chi connectivity index (χ1v) is 10.9. The van der Waals surface area contributed by atoms with Crippen molar-refractivity contribution in [2.45, 2.75) is 33.0 Å². The fourth-order valence-corrected chi connectivity index (χ4v) is 4.38. The summed E-state index contributed by atoms with van der Waals surface area (Å²) in [7, 11) is 1.68. The van der Waals surface area contributed by atoms with Crippen LogP contribution in [0.15, 0.2) is 60.7 Å². The third kappa shape index (κ3) is 4.25. The molecule has 1 aromatic heterocycles. The van der Waals surface area contributed by atoms with Gasteiger partial charge in [-0.3, -0.25) is 4.57 Å². The van der Waals surface area contributed by atoms with Gasteiger partial charge >= 0.3 is 0 Å². The molecule has 0 aliphatic carbocycles. The first-order chi connectivity index (χ1) is 14.6. The van der Waals surface area contributed by atoms with Gasteiger partial charge in [-0.25, -0.2) is 0 Å². The van der Waals surface area contributed by atoms with Crippen LogP contribution >= 0.6 is 12.2 Å². The molecule has 0 bridgehead atoms. The Kier molecular flexibility index (Phi) is 6.16. The molecule has 4 rings (SSSR count). The highest BCUT2D eigenvalue weighted by Gasteiger charge is 2.20. The molecule has 156 valence electrons. The second-order valence-electron chi connectivity index (χ2n) is 8.01. The number of ether oxygens (including phenoxy) is 1. The minimum atomic E-state index is 0.240. The van der Waals surface area contributed by atoms with E-state index in [-0.39, 0.29) is 6.04 Å². The lowest BCUT2D eigenvalue weighted by Gasteiger charge is -2.23. The third-order valence-corrected chi connectivity index (χ3v) is 6.05. The second-order valence-corrected chi connectivity index (χ2v) is 8.37. The molecule has 0 spiro atoms. The summed E-state index contributed by atoms with van der Waals surface area (Å²) in [5, 5.41) is 4.92. The van der Waals surface area contributed by atoms with Crippen LogP contribution in [0.4, 0.5) is 0 Å². The third-order valence-electron chi connectivity index (χ3n) is 5.64. The van der Waals surface area contributed by atoms with Gasteiger partial charge in [0.05, 0.1) is 20.2 Å². The van der Waals surface area contributed by atoms with Crippen molar-refractivity contribution in [3.05, 3.63) is 71.0 Å². The van der Waals surface area contributed by atoms with Crippen molar-refractivity contribution in [3.8, 4) is 17.1 Å². The van der Waals surface area contributed by atoms with E-state index in [0.717, 1.165) is 48.1 Å². The number of nitrogens with zero attached hydrogens (tertiary/aromatic N) is 3. The fraction of sp³-hybridized carbons (Fsp3) is 0.333. The van der Waals surface area contributed by atoms with E-state index in [2.05, 4.69) is 54.8 Å². The summed E-state index contributed by atoms with van der Waals surface area (Å²) in [4.78, 5) is 1.47. The van der Waals surface area contributed by atoms with E-state index in [1.807, 2.05) is 28.9 Å². The Labute approximate surface area is 183 Å². The van der Waals surface area contributed by atoms with E-state index in [0.29, 0.717) is 0 Å². The average Bonchev–Trinajstić information content (AvgIpc) is 3.11. The molecule has 1 atom stereocenters. The molecule has 0 saturated heterocycles. The van der Waals surface area contributed by atoms with Crippen molar-refractivity contribution in [2.75, 3.05) is 20.2 Å². The van der Waals surface area contributed by atoms with Crippen molar-refractivity contribution >= 4 is 17.8 Å². The molecule has 0 amide bonds. The highest BCUT2D eigenvalue weighted by molar-refractivity contribution is 7.71. The molecule has 0 radical (unpaired) electrons. The van der Waals surface area contributed by atoms with Crippen LogP contribution in [0.2, 0.25) is 0 Å². The first-order valence-electron chi connectivity index (χ1n) is 10.5. The number of quaternary nitrogens is 1. The minimum Gasteiger partial charge on any atom is -0.497 e. The van der Waals surface area contributed by atoms with Gasteiger partial charge in [0.25, 0.3) is 0 Å². The zero-order valence-electron chi connectivity index (χ0n) is 17.8. The molecule has 1 N–H and O–H groups in total. The van der Waals surface area contributed by atoms with E-state index in [9.17, 15) is 0 Å². The molecule has 1 unspecified atom stereocenters. The van der Waals surface area contributed by atoms with Crippen LogP contribution in [0.1, 0.15) is 31.9 Å². The van der Waals surface area contributed by atoms with Crippen LogP contribution in [0.25, 0.3) is 17.0 Å². The summed E-state index contributed by atoms with van der Waals surface area (Å²) in [6, 6.07) is 18.9. The smallest absolute Gasteiger partial charge is 0.203 e. The number of hydrogen-bond acceptors (Lipinski definition) is 3. The molecular weight excluding hydrogens is 392 g/mol. The van der Waals surface area contributed by atoms with Crippen molar-refractivity contribution in [1.82, 2.24) is 14.3 Å². The second kappa shape index (κ2) is 8.98. The quantitative estimate of drug-likeness (QED) is 0.611. The Morgan fingerprint density at radius 2 is 1.80 bits per heavy atom. The maximum absolute atomic E-state index is 5.82. The van der Waals surface area contributed by atoms with Gasteiger partial charge in [0.1, 0.15) is 5.75 Å². The van der Waals surface area contributed by atoms with E-state index < -0.39 is 0 Å². The van der Waals surface area contributed by atoms with Crippen LogP contribution in [0.3, 0.4) is 0 Å². The maximum Gasteiger partial charge on any atom is 0.203 e. The van der Waals surface area contributed by atoms with Gasteiger partial charge in [-0.15, -0.1) is 5.10 Å². The average molecular weight is 422 g/mol. The largest absolute Gasteiger partial charge is 0.497 e. The molecule has 0 saturated carbocycles. The summed E-state index contributed by atoms with van der Waals surface area (Å²) in [6.07, 6.45) is 3.44. The van der Waals surface area contributed by atoms with Crippen molar-refractivity contribution in [3.63, 3.8) is 0 Å². The zero-order valence-corrected chi connectivity index (χ0v) is 18.7. The Hall–Kier alpha value is -2.70. The number of nitrogens with one attached hydrogen (secondary N) is 1. The SMILES string of the molecule is COc1ccc(-c2nn(C[NH+]3CC=C(c4ccccc4)CC3)c(=S)n2C(C)C)cc1. The summed E-state index contributed by atoms with van der Waals surface area (Å²) in [5.74, 6) is 1.75. The van der Waals surface area contributed by atoms with Gasteiger partial charge in [0, 0.05) is 18.0 Å². The predicted octanol–water partition coefficient (Wildman–Crippen LogP) is 4.00. The van der Waals surface area contributed by atoms with Gasteiger partial charge in [-0.1, -0.05) is 30.3 Å². The summed E-state index contributed by atoms with van der Waals surface area (Å²) in [5.41, 5.74) is 3.82. The number of rotatable bonds is 6. The van der Waals surface area contributed by atoms with E-state index >= 15 is 0 Å². The van der Waals surface area contributed by atoms with Gasteiger partial charge in [0.2, 0.25) is 4.77 Å². The molecular formula is C24H29N4OS+. The van der Waals surface area contributed by atoms with Gasteiger partial charge in [-0.05, 0) is 67.5 Å². The van der Waals surface area contributed by atoms with E-state index in [4.69, 9.17) is 22.1 Å². The van der Waals surface area contributed by atoms with Gasteiger partial charge < -0.3 is 9.64 Å². The summed E-state index contributed by atoms with van der Waals surface area (Å²) in [6.45, 7) is 7.14. The number of aromatic nitrogens is 3. The fourth-order valence-electron chi connectivity index (χ4n) is 3.98. The first kappa shape index (κ1) is 20.6. The Morgan fingerprint density at radius 1 is 1.07 bits per heavy atom.